The van der Waals surface area contributed by atoms with Gasteiger partial charge in [-0.3, -0.25) is 4.72 Å². The van der Waals surface area contributed by atoms with Crippen molar-refractivity contribution in [1.82, 2.24) is 9.03 Å². The Bertz CT molecular complexity index is 1240. The maximum Gasteiger partial charge on any atom is 0.262 e. The molecule has 0 aromatic heterocycles. The number of hydrogen-bond acceptors (Lipinski definition) is 7. The minimum atomic E-state index is -4.22. The molecule has 30 heavy (non-hydrogen) atoms. The molecule has 10 nitrogen and oxygen atoms in total. The van der Waals surface area contributed by atoms with Gasteiger partial charge in [0.05, 0.1) is 26.1 Å². The molecule has 0 fully saturated rings. The van der Waals surface area contributed by atoms with Crippen LogP contribution in [0.15, 0.2) is 57.2 Å². The lowest BCUT2D eigenvalue weighted by Gasteiger charge is -2.17. The third-order valence-corrected chi connectivity index (χ3v) is 8.66. The molecule has 0 unspecified atom stereocenters. The van der Waals surface area contributed by atoms with Gasteiger partial charge in [0.1, 0.15) is 0 Å². The third kappa shape index (κ3) is 5.10. The first kappa shape index (κ1) is 24.1. The summed E-state index contributed by atoms with van der Waals surface area (Å²) in [7, 11) is -7.91. The van der Waals surface area contributed by atoms with E-state index in [2.05, 4.69) is 14.8 Å². The fourth-order valence-electron chi connectivity index (χ4n) is 2.45. The summed E-state index contributed by atoms with van der Waals surface area (Å²) in [4.78, 5) is -0.607. The molecule has 2 rings (SSSR count). The van der Waals surface area contributed by atoms with Crippen molar-refractivity contribution in [2.75, 3.05) is 37.7 Å². The average molecular weight is 477 g/mol. The lowest BCUT2D eigenvalue weighted by Crippen LogP contribution is -2.23. The van der Waals surface area contributed by atoms with Gasteiger partial charge in [0.25, 0.3) is 10.0 Å². The smallest absolute Gasteiger partial charge is 0.262 e. The van der Waals surface area contributed by atoms with Crippen LogP contribution in [0, 0.1) is 0 Å². The fourth-order valence-corrected chi connectivity index (χ4v) is 5.35. The van der Waals surface area contributed by atoms with E-state index in [1.807, 2.05) is 0 Å². The highest BCUT2D eigenvalue weighted by Gasteiger charge is 2.23. The minimum absolute atomic E-state index is 0.0154. The zero-order chi connectivity index (χ0) is 22.7. The van der Waals surface area contributed by atoms with E-state index in [1.165, 1.54) is 57.5 Å². The molecule has 0 atom stereocenters. The lowest BCUT2D eigenvalue weighted by atomic mass is 10.2. The van der Waals surface area contributed by atoms with Crippen LogP contribution in [-0.4, -0.2) is 57.2 Å². The number of nitrogens with zero attached hydrogens (tertiary/aromatic N) is 1. The molecule has 0 aliphatic rings. The zero-order valence-electron chi connectivity index (χ0n) is 16.9. The molecule has 0 spiro atoms. The van der Waals surface area contributed by atoms with Gasteiger partial charge in [-0.1, -0.05) is 6.07 Å². The van der Waals surface area contributed by atoms with Crippen LogP contribution < -0.4 is 14.8 Å². The van der Waals surface area contributed by atoms with Crippen molar-refractivity contribution in [1.29, 1.82) is 0 Å². The summed E-state index contributed by atoms with van der Waals surface area (Å²) < 4.78 is 80.1. The summed E-state index contributed by atoms with van der Waals surface area (Å²) in [5.41, 5.74) is 0.388. The fraction of sp³-hybridized carbons (Fsp3) is 0.294. The first-order chi connectivity index (χ1) is 13.8. The molecule has 2 aromatic rings. The highest BCUT2D eigenvalue weighted by molar-refractivity contribution is 7.93. The number of nitrogens with one attached hydrogen (secondary N) is 3. The molecule has 0 saturated heterocycles. The molecular weight excluding hydrogens is 452 g/mol. The topological polar surface area (TPSA) is 142 Å². The number of hydrogen-bond donors (Lipinski definition) is 3. The highest BCUT2D eigenvalue weighted by Crippen LogP contribution is 2.29. The van der Waals surface area contributed by atoms with Crippen molar-refractivity contribution in [3.63, 3.8) is 0 Å². The first-order valence-corrected chi connectivity index (χ1v) is 13.1. The van der Waals surface area contributed by atoms with Gasteiger partial charge in [-0.25, -0.2) is 34.3 Å². The molecule has 13 heteroatoms. The number of rotatable bonds is 9. The third-order valence-electron chi connectivity index (χ3n) is 4.08. The van der Waals surface area contributed by atoms with Gasteiger partial charge in [-0.05, 0) is 50.4 Å². The summed E-state index contributed by atoms with van der Waals surface area (Å²) >= 11 is 0. The summed E-state index contributed by atoms with van der Waals surface area (Å²) in [6.45, 7) is 2.26. The molecule has 0 bridgehead atoms. The Morgan fingerprint density at radius 1 is 0.800 bits per heavy atom. The minimum Gasteiger partial charge on any atom is -0.384 e. The van der Waals surface area contributed by atoms with E-state index < -0.39 is 30.1 Å². The summed E-state index contributed by atoms with van der Waals surface area (Å²) in [5, 5.41) is 2.96. The van der Waals surface area contributed by atoms with Crippen molar-refractivity contribution in [3.05, 3.63) is 42.5 Å². The normalized spacial score (nSPS) is 12.7. The Kier molecular flexibility index (Phi) is 7.14. The Balaban J connectivity index is 2.56. The monoisotopic (exact) mass is 476 g/mol. The Labute approximate surface area is 177 Å². The highest BCUT2D eigenvalue weighted by atomic mass is 32.2. The molecule has 0 amide bonds. The van der Waals surface area contributed by atoms with E-state index in [4.69, 9.17) is 0 Å². The molecule has 3 N–H and O–H groups in total. The molecular formula is C17H24N4O6S3. The maximum atomic E-state index is 12.9. The van der Waals surface area contributed by atoms with Crippen molar-refractivity contribution < 1.29 is 25.3 Å². The summed E-state index contributed by atoms with van der Waals surface area (Å²) in [6.07, 6.45) is 0. The van der Waals surface area contributed by atoms with Crippen LogP contribution in [-0.2, 0) is 30.1 Å². The first-order valence-electron chi connectivity index (χ1n) is 8.72. The van der Waals surface area contributed by atoms with Crippen molar-refractivity contribution >= 4 is 41.4 Å². The van der Waals surface area contributed by atoms with E-state index in [9.17, 15) is 25.3 Å². The van der Waals surface area contributed by atoms with Crippen LogP contribution in [0.25, 0.3) is 0 Å². The van der Waals surface area contributed by atoms with E-state index in [-0.39, 0.29) is 20.4 Å². The van der Waals surface area contributed by atoms with Crippen LogP contribution in [0.1, 0.15) is 6.92 Å². The Morgan fingerprint density at radius 2 is 1.40 bits per heavy atom. The van der Waals surface area contributed by atoms with Gasteiger partial charge in [0.15, 0.2) is 0 Å². The van der Waals surface area contributed by atoms with E-state index in [0.717, 1.165) is 10.4 Å². The van der Waals surface area contributed by atoms with Crippen LogP contribution in [0.2, 0.25) is 0 Å². The number of benzene rings is 2. The van der Waals surface area contributed by atoms with Crippen LogP contribution in [0.3, 0.4) is 0 Å². The second-order valence-electron chi connectivity index (χ2n) is 6.31. The molecule has 0 saturated carbocycles. The summed E-state index contributed by atoms with van der Waals surface area (Å²) in [5.74, 6) is 0. The lowest BCUT2D eigenvalue weighted by molar-refractivity contribution is 0.520. The van der Waals surface area contributed by atoms with Crippen LogP contribution >= 0.6 is 0 Å². The van der Waals surface area contributed by atoms with Gasteiger partial charge in [0, 0.05) is 20.6 Å². The van der Waals surface area contributed by atoms with Gasteiger partial charge in [-0.2, -0.15) is 0 Å². The van der Waals surface area contributed by atoms with E-state index in [1.54, 1.807) is 6.92 Å². The van der Waals surface area contributed by atoms with E-state index in [0.29, 0.717) is 12.2 Å². The predicted octanol–water partition coefficient (Wildman–Crippen LogP) is 1.08. The standard InChI is InChI=1S/C17H24N4O6S3/c1-5-19-16-10-9-15(30(26,27)21(3)4)12-17(16)20-29(24,25)14-8-6-7-13(11-14)28(22,23)18-2/h6-12,18-20H,5H2,1-4H3. The van der Waals surface area contributed by atoms with Gasteiger partial charge in [0.2, 0.25) is 20.0 Å². The van der Waals surface area contributed by atoms with Crippen molar-refractivity contribution in [3.8, 4) is 0 Å². The Hall–Kier alpha value is -2.19. The SMILES string of the molecule is CCNc1ccc(S(=O)(=O)N(C)C)cc1NS(=O)(=O)c1cccc(S(=O)(=O)NC)c1. The van der Waals surface area contributed by atoms with Crippen LogP contribution in [0.5, 0.6) is 0 Å². The number of sulfonamides is 3. The van der Waals surface area contributed by atoms with Crippen LogP contribution in [0.4, 0.5) is 11.4 Å². The quantitative estimate of drug-likeness (QED) is 0.491. The molecule has 0 radical (unpaired) electrons. The molecule has 2 aromatic carbocycles. The zero-order valence-corrected chi connectivity index (χ0v) is 19.3. The molecule has 0 aliphatic carbocycles. The predicted molar refractivity (Wildman–Crippen MR) is 115 cm³/mol. The van der Waals surface area contributed by atoms with Crippen molar-refractivity contribution in [2.45, 2.75) is 21.6 Å². The van der Waals surface area contributed by atoms with E-state index >= 15 is 0 Å². The maximum absolute atomic E-state index is 12.9. The summed E-state index contributed by atoms with van der Waals surface area (Å²) in [6, 6.07) is 8.85. The molecule has 0 aliphatic heterocycles. The second-order valence-corrected chi connectivity index (χ2v) is 12.0. The van der Waals surface area contributed by atoms with Crippen molar-refractivity contribution in [2.24, 2.45) is 0 Å². The van der Waals surface area contributed by atoms with Gasteiger partial charge >= 0.3 is 0 Å². The van der Waals surface area contributed by atoms with Gasteiger partial charge < -0.3 is 5.32 Å². The Morgan fingerprint density at radius 3 is 1.93 bits per heavy atom. The molecule has 166 valence electrons. The van der Waals surface area contributed by atoms with Gasteiger partial charge in [-0.15, -0.1) is 0 Å². The average Bonchev–Trinajstić information content (AvgIpc) is 2.69. The number of anilines is 2. The second kappa shape index (κ2) is 8.89. The molecule has 0 heterocycles. The largest absolute Gasteiger partial charge is 0.384 e.